The molecule has 1 fully saturated rings. The number of halogens is 1. The molecule has 2 aliphatic heterocycles. The van der Waals surface area contributed by atoms with Crippen molar-refractivity contribution in [3.8, 4) is 0 Å². The van der Waals surface area contributed by atoms with Crippen LogP contribution in [0.1, 0.15) is 36.6 Å². The van der Waals surface area contributed by atoms with Crippen molar-refractivity contribution in [3.63, 3.8) is 0 Å². The number of benzene rings is 3. The molecular weight excluding hydrogens is 436 g/mol. The van der Waals surface area contributed by atoms with E-state index in [0.717, 1.165) is 39.7 Å². The number of para-hydroxylation sites is 1. The Labute approximate surface area is 198 Å². The first kappa shape index (κ1) is 20.7. The first-order valence-electron chi connectivity index (χ1n) is 10.6. The molecule has 4 nitrogen and oxygen atoms in total. The summed E-state index contributed by atoms with van der Waals surface area (Å²) in [6.45, 7) is 2.04. The van der Waals surface area contributed by atoms with Gasteiger partial charge < -0.3 is 10.7 Å². The second-order valence-electron chi connectivity index (χ2n) is 7.97. The lowest BCUT2D eigenvalue weighted by atomic mass is 9.90. The standard InChI is InChI=1S/C26H23ClN4S/c1-17-24(25(29-26(32)28-17)19-8-4-2-5-9-19)22-16-23(18-12-14-20(27)15-13-18)31(30-22)21-10-6-3-7-11-21/h2-15,23,25,30H,16H2,1H3,(H,29,32)/b24-22-. The van der Waals surface area contributed by atoms with Crippen LogP contribution in [0.4, 0.5) is 5.69 Å². The molecule has 32 heavy (non-hydrogen) atoms. The maximum atomic E-state index is 6.17. The first-order valence-corrected chi connectivity index (χ1v) is 11.4. The zero-order valence-electron chi connectivity index (χ0n) is 17.6. The Hall–Kier alpha value is -3.15. The van der Waals surface area contributed by atoms with Crippen LogP contribution in [0.5, 0.6) is 0 Å². The number of hydrazine groups is 1. The van der Waals surface area contributed by atoms with E-state index in [2.05, 4.69) is 81.4 Å². The van der Waals surface area contributed by atoms with Crippen molar-refractivity contribution in [1.82, 2.24) is 10.7 Å². The molecule has 0 amide bonds. The number of rotatable bonds is 3. The molecule has 0 aliphatic carbocycles. The molecule has 2 aliphatic rings. The monoisotopic (exact) mass is 458 g/mol. The third kappa shape index (κ3) is 4.01. The number of nitrogens with one attached hydrogen (secondary N) is 2. The third-order valence-electron chi connectivity index (χ3n) is 5.93. The number of hydrogen-bond donors (Lipinski definition) is 2. The van der Waals surface area contributed by atoms with E-state index < -0.39 is 0 Å². The zero-order valence-corrected chi connectivity index (χ0v) is 19.2. The molecule has 0 saturated carbocycles. The number of hydrogen-bond acceptors (Lipinski definition) is 3. The van der Waals surface area contributed by atoms with Crippen molar-refractivity contribution in [2.75, 3.05) is 5.01 Å². The SMILES string of the molecule is CC1=NC(=S)NC(c2ccccc2)/C1=C1/CC(c2ccc(Cl)cc2)N(c2ccccc2)N1. The molecule has 2 N–H and O–H groups in total. The molecule has 0 spiro atoms. The summed E-state index contributed by atoms with van der Waals surface area (Å²) in [5.74, 6) is 0. The minimum atomic E-state index is -0.0507. The summed E-state index contributed by atoms with van der Waals surface area (Å²) in [6.07, 6.45) is 0.816. The highest BCUT2D eigenvalue weighted by atomic mass is 35.5. The van der Waals surface area contributed by atoms with E-state index in [0.29, 0.717) is 5.11 Å². The fraction of sp³-hybridized carbons (Fsp3) is 0.154. The van der Waals surface area contributed by atoms with E-state index in [4.69, 9.17) is 23.8 Å². The normalized spacial score (nSPS) is 22.9. The molecule has 5 rings (SSSR count). The van der Waals surface area contributed by atoms with Gasteiger partial charge in [-0.15, -0.1) is 0 Å². The number of nitrogens with zero attached hydrogens (tertiary/aromatic N) is 2. The maximum absolute atomic E-state index is 6.17. The number of aliphatic imine (C=N–C) groups is 1. The molecular formula is C26H23ClN4S. The predicted octanol–water partition coefficient (Wildman–Crippen LogP) is 6.14. The van der Waals surface area contributed by atoms with Gasteiger partial charge in [0.2, 0.25) is 0 Å². The smallest absolute Gasteiger partial charge is 0.193 e. The van der Waals surface area contributed by atoms with Crippen molar-refractivity contribution in [3.05, 3.63) is 112 Å². The van der Waals surface area contributed by atoms with Crippen LogP contribution in [0.25, 0.3) is 0 Å². The molecule has 3 aromatic rings. The van der Waals surface area contributed by atoms with Crippen molar-refractivity contribution < 1.29 is 0 Å². The van der Waals surface area contributed by atoms with Gasteiger partial charge in [-0.2, -0.15) is 0 Å². The Morgan fingerprint density at radius 3 is 2.25 bits per heavy atom. The van der Waals surface area contributed by atoms with E-state index in [1.54, 1.807) is 0 Å². The summed E-state index contributed by atoms with van der Waals surface area (Å²) in [4.78, 5) is 4.59. The van der Waals surface area contributed by atoms with Crippen molar-refractivity contribution in [2.45, 2.75) is 25.4 Å². The molecule has 1 saturated heterocycles. The van der Waals surface area contributed by atoms with Gasteiger partial charge in [0.25, 0.3) is 0 Å². The highest BCUT2D eigenvalue weighted by Gasteiger charge is 2.35. The largest absolute Gasteiger partial charge is 0.350 e. The molecule has 2 unspecified atom stereocenters. The third-order valence-corrected chi connectivity index (χ3v) is 6.39. The Bertz CT molecular complexity index is 1190. The predicted molar refractivity (Wildman–Crippen MR) is 136 cm³/mol. The van der Waals surface area contributed by atoms with Gasteiger partial charge in [0.05, 0.1) is 17.8 Å². The number of anilines is 1. The molecule has 0 aromatic heterocycles. The highest BCUT2D eigenvalue weighted by Crippen LogP contribution is 2.40. The lowest BCUT2D eigenvalue weighted by molar-refractivity contribution is 0.685. The molecule has 2 heterocycles. The van der Waals surface area contributed by atoms with Gasteiger partial charge in [-0.3, -0.25) is 5.01 Å². The van der Waals surface area contributed by atoms with Crippen LogP contribution in [0, 0.1) is 0 Å². The summed E-state index contributed by atoms with van der Waals surface area (Å²) in [5, 5.41) is 6.91. The van der Waals surface area contributed by atoms with Gasteiger partial charge >= 0.3 is 0 Å². The minimum absolute atomic E-state index is 0.0507. The molecule has 0 bridgehead atoms. The van der Waals surface area contributed by atoms with Gasteiger partial charge in [0.1, 0.15) is 0 Å². The van der Waals surface area contributed by atoms with Gasteiger partial charge in [-0.25, -0.2) is 4.99 Å². The maximum Gasteiger partial charge on any atom is 0.193 e. The van der Waals surface area contributed by atoms with Crippen LogP contribution in [-0.2, 0) is 0 Å². The summed E-state index contributed by atoms with van der Waals surface area (Å²) in [7, 11) is 0. The zero-order chi connectivity index (χ0) is 22.1. The van der Waals surface area contributed by atoms with Crippen LogP contribution in [0.3, 0.4) is 0 Å². The molecule has 3 aromatic carbocycles. The highest BCUT2D eigenvalue weighted by molar-refractivity contribution is 7.80. The topological polar surface area (TPSA) is 39.7 Å². The van der Waals surface area contributed by atoms with Crippen LogP contribution >= 0.6 is 23.8 Å². The first-order chi connectivity index (χ1) is 15.6. The van der Waals surface area contributed by atoms with Crippen molar-refractivity contribution in [2.24, 2.45) is 4.99 Å². The van der Waals surface area contributed by atoms with E-state index in [-0.39, 0.29) is 12.1 Å². The second kappa shape index (κ2) is 8.77. The fourth-order valence-corrected chi connectivity index (χ4v) is 4.83. The van der Waals surface area contributed by atoms with Crippen molar-refractivity contribution >= 4 is 40.3 Å². The Kier molecular flexibility index (Phi) is 5.68. The fourth-order valence-electron chi connectivity index (χ4n) is 4.45. The molecule has 6 heteroatoms. The van der Waals surface area contributed by atoms with Gasteiger partial charge in [0, 0.05) is 28.4 Å². The van der Waals surface area contributed by atoms with Gasteiger partial charge in [-0.1, -0.05) is 72.3 Å². The quantitative estimate of drug-likeness (QED) is 0.462. The summed E-state index contributed by atoms with van der Waals surface area (Å²) < 4.78 is 0. The lowest BCUT2D eigenvalue weighted by Crippen LogP contribution is -2.38. The van der Waals surface area contributed by atoms with Gasteiger partial charge in [0.15, 0.2) is 5.11 Å². The number of thiocarbonyl (C=S) groups is 1. The van der Waals surface area contributed by atoms with Crippen LogP contribution in [0.15, 0.2) is 101 Å². The summed E-state index contributed by atoms with van der Waals surface area (Å²) in [5.41, 5.74) is 10.4. The Morgan fingerprint density at radius 2 is 1.56 bits per heavy atom. The van der Waals surface area contributed by atoms with E-state index in [1.807, 2.05) is 31.2 Å². The molecule has 160 valence electrons. The summed E-state index contributed by atoms with van der Waals surface area (Å²) in [6, 6.07) is 28.9. The molecule has 0 radical (unpaired) electrons. The second-order valence-corrected chi connectivity index (χ2v) is 8.79. The van der Waals surface area contributed by atoms with Crippen LogP contribution in [0.2, 0.25) is 5.02 Å². The van der Waals surface area contributed by atoms with Crippen LogP contribution < -0.4 is 15.8 Å². The Balaban J connectivity index is 1.62. The van der Waals surface area contributed by atoms with Crippen molar-refractivity contribution in [1.29, 1.82) is 0 Å². The summed E-state index contributed by atoms with van der Waals surface area (Å²) >= 11 is 11.6. The van der Waals surface area contributed by atoms with E-state index in [1.165, 1.54) is 5.56 Å². The van der Waals surface area contributed by atoms with Crippen LogP contribution in [-0.4, -0.2) is 10.8 Å². The average molecular weight is 459 g/mol. The van der Waals surface area contributed by atoms with E-state index in [9.17, 15) is 0 Å². The molecule has 2 atom stereocenters. The Morgan fingerprint density at radius 1 is 0.906 bits per heavy atom. The van der Waals surface area contributed by atoms with Gasteiger partial charge in [-0.05, 0) is 54.5 Å². The average Bonchev–Trinajstić information content (AvgIpc) is 3.25. The van der Waals surface area contributed by atoms with E-state index >= 15 is 0 Å². The minimum Gasteiger partial charge on any atom is -0.350 e. The lowest BCUT2D eigenvalue weighted by Gasteiger charge is -2.29.